The first-order chi connectivity index (χ1) is 26.6. The van der Waals surface area contributed by atoms with E-state index in [0.29, 0.717) is 0 Å². The Morgan fingerprint density at radius 3 is 1.21 bits per heavy atom. The zero-order valence-corrected chi connectivity index (χ0v) is 38.8. The van der Waals surface area contributed by atoms with Crippen molar-refractivity contribution in [3.8, 4) is 33.8 Å². The molecule has 4 aromatic carbocycles. The molecule has 2 aliphatic carbocycles. The van der Waals surface area contributed by atoms with Gasteiger partial charge in [-0.25, -0.2) is 0 Å². The first kappa shape index (κ1) is 39.0. The van der Waals surface area contributed by atoms with Crippen molar-refractivity contribution in [2.45, 2.75) is 61.9 Å². The third kappa shape index (κ3) is 6.01. The number of allylic oxidation sites excluding steroid dienone is 2. The molecular weight excluding hydrogens is 831 g/mol. The van der Waals surface area contributed by atoms with Crippen LogP contribution in [0.4, 0.5) is 0 Å². The van der Waals surface area contributed by atoms with E-state index in [1.807, 2.05) is 38.1 Å². The molecule has 8 rings (SSSR count). The van der Waals surface area contributed by atoms with E-state index in [-0.39, 0.29) is 7.25 Å². The first-order valence-corrected chi connectivity index (χ1v) is 34.5. The third-order valence-electron chi connectivity index (χ3n) is 12.5. The van der Waals surface area contributed by atoms with Crippen LogP contribution >= 0.6 is 17.0 Å². The molecule has 4 nitrogen and oxygen atoms in total. The molecule has 0 amide bonds. The second-order valence-corrected chi connectivity index (χ2v) is 54.7. The van der Waals surface area contributed by atoms with Gasteiger partial charge < -0.3 is 0 Å². The Bertz CT molecular complexity index is 2490. The van der Waals surface area contributed by atoms with Gasteiger partial charge in [-0.3, -0.25) is 0 Å². The molecule has 0 bridgehead atoms. The van der Waals surface area contributed by atoms with Crippen LogP contribution in [0, 0.1) is 41.5 Å². The van der Waals surface area contributed by atoms with Crippen molar-refractivity contribution in [2.75, 3.05) is 14.2 Å². The van der Waals surface area contributed by atoms with Gasteiger partial charge in [-0.15, -0.1) is 0 Å². The molecule has 0 saturated carbocycles. The van der Waals surface area contributed by atoms with Gasteiger partial charge in [0.1, 0.15) is 0 Å². The van der Waals surface area contributed by atoms with Gasteiger partial charge in [0.15, 0.2) is 0 Å². The molecule has 0 fully saturated rings. The van der Waals surface area contributed by atoms with Gasteiger partial charge in [0, 0.05) is 0 Å². The van der Waals surface area contributed by atoms with E-state index < -0.39 is 20.4 Å². The van der Waals surface area contributed by atoms with E-state index >= 15 is 0 Å². The third-order valence-corrected chi connectivity index (χ3v) is 58.7. The van der Waals surface area contributed by atoms with Crippen LogP contribution in [0.15, 0.2) is 93.8 Å². The van der Waals surface area contributed by atoms with Crippen molar-refractivity contribution in [1.29, 1.82) is 0 Å². The molecule has 0 radical (unpaired) electrons. The molecule has 286 valence electrons. The van der Waals surface area contributed by atoms with Crippen LogP contribution in [0.3, 0.4) is 0 Å². The number of methoxy groups -OCH3 is 2. The predicted octanol–water partition coefficient (Wildman–Crippen LogP) is 14.2. The fourth-order valence-corrected chi connectivity index (χ4v) is 36.8. The van der Waals surface area contributed by atoms with Crippen LogP contribution in [-0.2, 0) is 15.0 Å². The SMILES string of the molecule is COc1ccc(-c2c(C)ccc3c2C=C(c2cc(C)c(C)o2)[CH]3[Zr]([Cl])([Cl])([CH]2C(c3cc(C)c(C)o3)=Cc3c2ccc(C)c3-c2ccc(OC)cc2)=[Si](C)C)cc1. The molecule has 0 aliphatic heterocycles. The van der Waals surface area contributed by atoms with E-state index in [2.05, 4.69) is 114 Å². The van der Waals surface area contributed by atoms with Crippen molar-refractivity contribution in [3.05, 3.63) is 152 Å². The minimum atomic E-state index is -5.43. The summed E-state index contributed by atoms with van der Waals surface area (Å²) in [4.78, 5) is 0. The summed E-state index contributed by atoms with van der Waals surface area (Å²) in [7, 11) is 21.3. The molecule has 0 saturated heterocycles. The van der Waals surface area contributed by atoms with Crippen LogP contribution in [0.2, 0.25) is 13.1 Å². The Morgan fingerprint density at radius 2 is 0.911 bits per heavy atom. The first-order valence-electron chi connectivity index (χ1n) is 19.2. The maximum atomic E-state index is 8.96. The summed E-state index contributed by atoms with van der Waals surface area (Å²) < 4.78 is 23.9. The average molecular weight is 879 g/mol. The Balaban J connectivity index is 1.45. The second kappa shape index (κ2) is 14.2. The van der Waals surface area contributed by atoms with Crippen molar-refractivity contribution in [2.24, 2.45) is 0 Å². The quantitative estimate of drug-likeness (QED) is 0.143. The van der Waals surface area contributed by atoms with Crippen molar-refractivity contribution in [1.82, 2.24) is 0 Å². The van der Waals surface area contributed by atoms with E-state index in [1.54, 1.807) is 14.2 Å². The minimum absolute atomic E-state index is 0.261. The summed E-state index contributed by atoms with van der Waals surface area (Å²) in [6, 6.07) is 30.1. The number of furan rings is 2. The average Bonchev–Trinajstić information content (AvgIpc) is 3.95. The summed E-state index contributed by atoms with van der Waals surface area (Å²) in [5, 5.41) is 0. The van der Waals surface area contributed by atoms with Gasteiger partial charge in [0.2, 0.25) is 0 Å². The molecule has 2 aromatic heterocycles. The Morgan fingerprint density at radius 1 is 0.536 bits per heavy atom. The monoisotopic (exact) mass is 876 g/mol. The molecule has 2 unspecified atom stereocenters. The van der Waals surface area contributed by atoms with E-state index in [9.17, 15) is 0 Å². The van der Waals surface area contributed by atoms with E-state index in [4.69, 9.17) is 35.3 Å². The topological polar surface area (TPSA) is 44.7 Å². The second-order valence-electron chi connectivity index (χ2n) is 15.9. The molecule has 56 heavy (non-hydrogen) atoms. The number of hydrogen-bond donors (Lipinski definition) is 0. The molecule has 0 N–H and O–H groups in total. The number of halogens is 2. The molecule has 0 spiro atoms. The van der Waals surface area contributed by atoms with E-state index in [1.165, 1.54) is 33.4 Å². The number of hydrogen-bond acceptors (Lipinski definition) is 4. The molecule has 8 heteroatoms. The summed E-state index contributed by atoms with van der Waals surface area (Å²) in [5.41, 5.74) is 14.5. The van der Waals surface area contributed by atoms with Gasteiger partial charge >= 0.3 is 341 Å². The molecule has 2 atom stereocenters. The normalized spacial score (nSPS) is 16.4. The van der Waals surface area contributed by atoms with Crippen LogP contribution in [-0.4, -0.2) is 19.7 Å². The fraction of sp³-hybridized carbons (Fsp3) is 0.250. The standard InChI is InChI=1S/2C23H21O2.C2H6Si.2ClH.Zr/c2*1-14-5-6-18-12-19(22-11-15(2)16(3)25-22)13-21(18)23(14)17-7-9-20(24-4)10-8-17;1-3-2;;;/h2*5-13H,1-4H3;1-2H3;2*1H;/q;;;;;+2/p-2. The maximum absolute atomic E-state index is 8.96. The van der Waals surface area contributed by atoms with Crippen molar-refractivity contribution in [3.63, 3.8) is 0 Å². The zero-order valence-electron chi connectivity index (χ0n) is 33.8. The summed E-state index contributed by atoms with van der Waals surface area (Å²) in [6.07, 6.45) is 4.68. The Hall–Kier alpha value is -3.80. The fourth-order valence-electron chi connectivity index (χ4n) is 9.14. The predicted molar refractivity (Wildman–Crippen MR) is 233 cm³/mol. The number of aryl methyl sites for hydroxylation is 6. The van der Waals surface area contributed by atoms with Gasteiger partial charge in [0.25, 0.3) is 0 Å². The summed E-state index contributed by atoms with van der Waals surface area (Å²) >= 11 is -5.43. The van der Waals surface area contributed by atoms with Crippen LogP contribution < -0.4 is 9.47 Å². The number of ether oxygens (including phenoxy) is 2. The van der Waals surface area contributed by atoms with E-state index in [0.717, 1.165) is 79.1 Å². The molecule has 2 aliphatic rings. The number of rotatable bonds is 8. The van der Waals surface area contributed by atoms with Gasteiger partial charge in [-0.2, -0.15) is 0 Å². The molecule has 6 aromatic rings. The van der Waals surface area contributed by atoms with Gasteiger partial charge in [-0.1, -0.05) is 0 Å². The van der Waals surface area contributed by atoms with Crippen molar-refractivity contribution < 1.29 is 33.3 Å². The number of benzene rings is 4. The number of fused-ring (bicyclic) bond motifs is 2. The van der Waals surface area contributed by atoms with Gasteiger partial charge in [0.05, 0.1) is 0 Å². The summed E-state index contributed by atoms with van der Waals surface area (Å²) in [5.74, 6) is 5.10. The Labute approximate surface area is 338 Å². The van der Waals surface area contributed by atoms with Crippen LogP contribution in [0.25, 0.3) is 45.6 Å². The van der Waals surface area contributed by atoms with Crippen LogP contribution in [0.1, 0.15) is 74.8 Å². The zero-order chi connectivity index (χ0) is 39.9. The molecule has 2 heterocycles. The Kier molecular flexibility index (Phi) is 9.93. The molecular formula is C48H48Cl2O4SiZr. The summed E-state index contributed by atoms with van der Waals surface area (Å²) in [6.45, 7) is 17.3. The van der Waals surface area contributed by atoms with Crippen molar-refractivity contribution >= 4 is 45.8 Å². The van der Waals surface area contributed by atoms with Crippen LogP contribution in [0.5, 0.6) is 11.5 Å². The van der Waals surface area contributed by atoms with Gasteiger partial charge in [-0.05, 0) is 0 Å².